The van der Waals surface area contributed by atoms with Crippen molar-refractivity contribution in [1.29, 1.82) is 0 Å². The number of carbonyl (C=O) groups excluding carboxylic acids is 1. The molecule has 1 unspecified atom stereocenters. The molecule has 0 radical (unpaired) electrons. The lowest BCUT2D eigenvalue weighted by molar-refractivity contribution is -0.118. The fourth-order valence-corrected chi connectivity index (χ4v) is 0.662. The van der Waals surface area contributed by atoms with E-state index < -0.39 is 0 Å². The predicted octanol–water partition coefficient (Wildman–Crippen LogP) is 2.57. The van der Waals surface area contributed by atoms with Crippen molar-refractivity contribution in [1.82, 2.24) is 0 Å². The van der Waals surface area contributed by atoms with E-state index in [1.54, 1.807) is 6.92 Å². The van der Waals surface area contributed by atoms with Gasteiger partial charge in [0, 0.05) is 5.92 Å². The Morgan fingerprint density at radius 3 is 2.30 bits per heavy atom. The number of ketones is 1. The Balaban J connectivity index is 3.99. The number of hydrogen-bond acceptors (Lipinski definition) is 1. The third-order valence-corrected chi connectivity index (χ3v) is 1.73. The van der Waals surface area contributed by atoms with Gasteiger partial charge in [0.1, 0.15) is 5.78 Å². The Hall–Kier alpha value is -0.590. The molecule has 0 fully saturated rings. The van der Waals surface area contributed by atoms with Gasteiger partial charge in [0.2, 0.25) is 0 Å². The lowest BCUT2D eigenvalue weighted by atomic mass is 10.0. The van der Waals surface area contributed by atoms with Crippen molar-refractivity contribution >= 4 is 5.78 Å². The summed E-state index contributed by atoms with van der Waals surface area (Å²) >= 11 is 0. The van der Waals surface area contributed by atoms with Crippen LogP contribution in [0.15, 0.2) is 11.6 Å². The molecule has 0 aliphatic carbocycles. The number of Topliss-reactive ketones (excluding diaryl/α,β-unsaturated/α-hetero) is 1. The van der Waals surface area contributed by atoms with E-state index in [2.05, 4.69) is 13.8 Å². The number of carbonyl (C=O) groups is 1. The summed E-state index contributed by atoms with van der Waals surface area (Å²) in [6, 6.07) is 0. The van der Waals surface area contributed by atoms with E-state index in [0.717, 1.165) is 6.42 Å². The monoisotopic (exact) mass is 140 g/mol. The molecule has 0 spiro atoms. The van der Waals surface area contributed by atoms with Gasteiger partial charge in [0.05, 0.1) is 0 Å². The Kier molecular flexibility index (Phi) is 4.01. The first-order valence-electron chi connectivity index (χ1n) is 3.75. The van der Waals surface area contributed by atoms with Crippen LogP contribution in [0.4, 0.5) is 0 Å². The number of allylic oxidation sites excluding steroid dienone is 2. The van der Waals surface area contributed by atoms with Gasteiger partial charge >= 0.3 is 0 Å². The average Bonchev–Trinajstić information content (AvgIpc) is 1.87. The molecule has 0 N–H and O–H groups in total. The molecule has 0 bridgehead atoms. The van der Waals surface area contributed by atoms with Gasteiger partial charge in [0.25, 0.3) is 0 Å². The molecule has 1 atom stereocenters. The van der Waals surface area contributed by atoms with E-state index in [4.69, 9.17) is 0 Å². The Morgan fingerprint density at radius 2 is 2.00 bits per heavy atom. The zero-order chi connectivity index (χ0) is 8.15. The lowest BCUT2D eigenvalue weighted by Crippen LogP contribution is -2.02. The first-order valence-corrected chi connectivity index (χ1v) is 3.75. The third kappa shape index (κ3) is 3.44. The van der Waals surface area contributed by atoms with Gasteiger partial charge in [-0.15, -0.1) is 0 Å². The minimum atomic E-state index is 0.0972. The molecular formula is C9H16O. The summed E-state index contributed by atoms with van der Waals surface area (Å²) in [7, 11) is 0. The quantitative estimate of drug-likeness (QED) is 0.551. The molecule has 1 heteroatoms. The second-order valence-corrected chi connectivity index (χ2v) is 2.77. The van der Waals surface area contributed by atoms with Crippen LogP contribution in [0.2, 0.25) is 0 Å². The first kappa shape index (κ1) is 9.41. The molecule has 0 aromatic carbocycles. The van der Waals surface area contributed by atoms with Gasteiger partial charge in [-0.2, -0.15) is 0 Å². The van der Waals surface area contributed by atoms with Crippen LogP contribution in [-0.4, -0.2) is 5.78 Å². The van der Waals surface area contributed by atoms with Gasteiger partial charge in [-0.3, -0.25) is 4.79 Å². The Bertz CT molecular complexity index is 145. The molecule has 0 amide bonds. The highest BCUT2D eigenvalue weighted by molar-refractivity contribution is 5.79. The van der Waals surface area contributed by atoms with Gasteiger partial charge in [-0.05, 0) is 20.3 Å². The Morgan fingerprint density at radius 1 is 1.50 bits per heavy atom. The molecule has 58 valence electrons. The summed E-state index contributed by atoms with van der Waals surface area (Å²) in [5, 5.41) is 0. The van der Waals surface area contributed by atoms with Crippen LogP contribution in [0.25, 0.3) is 0 Å². The van der Waals surface area contributed by atoms with E-state index in [1.165, 1.54) is 5.57 Å². The minimum absolute atomic E-state index is 0.0972. The second kappa shape index (κ2) is 4.26. The zero-order valence-corrected chi connectivity index (χ0v) is 7.27. The van der Waals surface area contributed by atoms with Crippen LogP contribution in [0.1, 0.15) is 34.1 Å². The summed E-state index contributed by atoms with van der Waals surface area (Å²) < 4.78 is 0. The van der Waals surface area contributed by atoms with Gasteiger partial charge in [-0.1, -0.05) is 25.5 Å². The van der Waals surface area contributed by atoms with Crippen LogP contribution in [0, 0.1) is 5.92 Å². The maximum Gasteiger partial charge on any atom is 0.136 e. The fraction of sp³-hybridized carbons (Fsp3) is 0.667. The summed E-state index contributed by atoms with van der Waals surface area (Å²) in [5.74, 6) is 0.341. The van der Waals surface area contributed by atoms with E-state index >= 15 is 0 Å². The average molecular weight is 140 g/mol. The van der Waals surface area contributed by atoms with Crippen molar-refractivity contribution in [3.63, 3.8) is 0 Å². The second-order valence-electron chi connectivity index (χ2n) is 2.77. The molecule has 10 heavy (non-hydrogen) atoms. The smallest absolute Gasteiger partial charge is 0.136 e. The van der Waals surface area contributed by atoms with Crippen LogP contribution in [0.3, 0.4) is 0 Å². The maximum atomic E-state index is 10.8. The molecule has 0 aliphatic heterocycles. The van der Waals surface area contributed by atoms with E-state index in [0.29, 0.717) is 0 Å². The first-order chi connectivity index (χ1) is 4.57. The zero-order valence-electron chi connectivity index (χ0n) is 7.27. The number of hydrogen-bond donors (Lipinski definition) is 0. The minimum Gasteiger partial charge on any atom is -0.299 e. The van der Waals surface area contributed by atoms with Crippen LogP contribution in [0.5, 0.6) is 0 Å². The standard InChI is InChI=1S/C9H16O/c1-5-7(2)6-8(3)9(4)10/h6,8H,5H2,1-4H3/b7-6+. The molecule has 0 saturated carbocycles. The molecular weight excluding hydrogens is 124 g/mol. The topological polar surface area (TPSA) is 17.1 Å². The molecule has 0 heterocycles. The Labute approximate surface area is 63.1 Å². The molecule has 0 aromatic heterocycles. The molecule has 0 aliphatic rings. The SMILES string of the molecule is CC/C(C)=C/C(C)C(C)=O. The van der Waals surface area contributed by atoms with Crippen molar-refractivity contribution in [2.24, 2.45) is 5.92 Å². The third-order valence-electron chi connectivity index (χ3n) is 1.73. The molecule has 0 rings (SSSR count). The van der Waals surface area contributed by atoms with Crippen molar-refractivity contribution in [3.8, 4) is 0 Å². The highest BCUT2D eigenvalue weighted by Crippen LogP contribution is 2.06. The summed E-state index contributed by atoms with van der Waals surface area (Å²) in [6.45, 7) is 7.71. The van der Waals surface area contributed by atoms with Gasteiger partial charge in [-0.25, -0.2) is 0 Å². The highest BCUT2D eigenvalue weighted by Gasteiger charge is 2.02. The van der Waals surface area contributed by atoms with Crippen LogP contribution >= 0.6 is 0 Å². The maximum absolute atomic E-state index is 10.8. The van der Waals surface area contributed by atoms with E-state index in [1.807, 2.05) is 13.0 Å². The van der Waals surface area contributed by atoms with Crippen molar-refractivity contribution in [2.45, 2.75) is 34.1 Å². The fourth-order valence-electron chi connectivity index (χ4n) is 0.662. The van der Waals surface area contributed by atoms with Crippen molar-refractivity contribution < 1.29 is 4.79 Å². The largest absolute Gasteiger partial charge is 0.299 e. The normalized spacial score (nSPS) is 15.0. The predicted molar refractivity (Wildman–Crippen MR) is 43.9 cm³/mol. The van der Waals surface area contributed by atoms with Crippen molar-refractivity contribution in [2.75, 3.05) is 0 Å². The van der Waals surface area contributed by atoms with E-state index in [9.17, 15) is 4.79 Å². The van der Waals surface area contributed by atoms with Crippen LogP contribution in [-0.2, 0) is 4.79 Å². The van der Waals surface area contributed by atoms with Gasteiger partial charge in [0.15, 0.2) is 0 Å². The number of rotatable bonds is 3. The summed E-state index contributed by atoms with van der Waals surface area (Å²) in [6.07, 6.45) is 3.07. The van der Waals surface area contributed by atoms with Crippen molar-refractivity contribution in [3.05, 3.63) is 11.6 Å². The summed E-state index contributed by atoms with van der Waals surface area (Å²) in [5.41, 5.74) is 1.29. The highest BCUT2D eigenvalue weighted by atomic mass is 16.1. The molecule has 0 saturated heterocycles. The van der Waals surface area contributed by atoms with Gasteiger partial charge < -0.3 is 0 Å². The molecule has 1 nitrogen and oxygen atoms in total. The summed E-state index contributed by atoms with van der Waals surface area (Å²) in [4.78, 5) is 10.8. The van der Waals surface area contributed by atoms with Crippen LogP contribution < -0.4 is 0 Å². The van der Waals surface area contributed by atoms with E-state index in [-0.39, 0.29) is 11.7 Å². The lowest BCUT2D eigenvalue weighted by Gasteiger charge is -2.01. The molecule has 0 aromatic rings.